The van der Waals surface area contributed by atoms with Crippen LogP contribution in [0.5, 0.6) is 0 Å². The van der Waals surface area contributed by atoms with Gasteiger partial charge in [-0.2, -0.15) is 0 Å². The summed E-state index contributed by atoms with van der Waals surface area (Å²) in [5, 5.41) is 56.5. The quantitative estimate of drug-likeness (QED) is 0.0863. The first-order chi connectivity index (χ1) is 21.6. The first-order valence-electron chi connectivity index (χ1n) is 14.5. The van der Waals surface area contributed by atoms with E-state index in [4.69, 9.17) is 6.15 Å². The molecule has 0 fully saturated rings. The van der Waals surface area contributed by atoms with Crippen molar-refractivity contribution in [1.82, 2.24) is 0 Å². The van der Waals surface area contributed by atoms with Gasteiger partial charge >= 0.3 is 169 Å². The summed E-state index contributed by atoms with van der Waals surface area (Å²) in [5.74, 6) is -9.28. The van der Waals surface area contributed by atoms with E-state index in [9.17, 15) is 59.4 Å². The Labute approximate surface area is 299 Å². The summed E-state index contributed by atoms with van der Waals surface area (Å²) in [6, 6.07) is 0. The Morgan fingerprint density at radius 1 is 0.435 bits per heavy atom. The minimum atomic E-state index is -1.55. The van der Waals surface area contributed by atoms with Crippen LogP contribution in [0.25, 0.3) is 0 Å². The van der Waals surface area contributed by atoms with Crippen LogP contribution in [0.2, 0.25) is 0 Å². The third kappa shape index (κ3) is 64.5. The van der Waals surface area contributed by atoms with Gasteiger partial charge in [-0.3, -0.25) is 0 Å². The number of unbranched alkanes of at least 4 members (excludes halogenated alkanes) is 4. The topological polar surface area (TPSA) is 259 Å². The second kappa shape index (κ2) is 42.6. The molecule has 0 spiro atoms. The predicted molar refractivity (Wildman–Crippen MR) is 157 cm³/mol. The SMILES string of the molecule is CCCCC(CCCC)[O][Sn+3].CCCCC(CCCC)[O][Sn+3].O=C([O-])/C=C\C(=O)[O-].O=C([O-])/C=C\C(=O)[O-].O=C([O-])/C=C\C(=O)[O-]. The van der Waals surface area contributed by atoms with Crippen molar-refractivity contribution in [3.8, 4) is 0 Å². The van der Waals surface area contributed by atoms with Crippen molar-refractivity contribution in [3.63, 3.8) is 0 Å². The Morgan fingerprint density at radius 3 is 0.674 bits per heavy atom. The number of rotatable bonds is 20. The van der Waals surface area contributed by atoms with E-state index in [2.05, 4.69) is 27.7 Å². The van der Waals surface area contributed by atoms with Crippen molar-refractivity contribution < 1.29 is 65.6 Å². The van der Waals surface area contributed by atoms with Crippen LogP contribution in [0.3, 0.4) is 0 Å². The Hall–Kier alpha value is -2.44. The summed E-state index contributed by atoms with van der Waals surface area (Å²) in [5.41, 5.74) is 0. The molecular weight excluding hydrogens is 822 g/mol. The molecule has 0 amide bonds. The Bertz CT molecular complexity index is 724. The fourth-order valence-electron chi connectivity index (χ4n) is 2.66. The Balaban J connectivity index is -0.000000154. The fourth-order valence-corrected chi connectivity index (χ4v) is 4.01. The number of hydrogen-bond donors (Lipinski definition) is 0. The van der Waals surface area contributed by atoms with Crippen LogP contribution in [-0.4, -0.2) is 93.9 Å². The number of carbonyl (C=O) groups excluding carboxylic acids is 6. The maximum absolute atomic E-state index is 9.41. The number of carbonyl (C=O) groups is 6. The third-order valence-corrected chi connectivity index (χ3v) is 6.82. The van der Waals surface area contributed by atoms with Gasteiger partial charge in [0, 0.05) is 0 Å². The summed E-state index contributed by atoms with van der Waals surface area (Å²) in [4.78, 5) is 56.5. The molecule has 0 saturated heterocycles. The van der Waals surface area contributed by atoms with Crippen molar-refractivity contribution in [3.05, 3.63) is 36.5 Å². The summed E-state index contributed by atoms with van der Waals surface area (Å²) < 4.78 is 10.9. The van der Waals surface area contributed by atoms with Gasteiger partial charge in [-0.15, -0.1) is 0 Å². The summed E-state index contributed by atoms with van der Waals surface area (Å²) >= 11 is 2.46. The van der Waals surface area contributed by atoms with Crippen molar-refractivity contribution in [2.75, 3.05) is 0 Å². The van der Waals surface area contributed by atoms with E-state index in [0.717, 1.165) is 0 Å². The number of carboxylic acid groups (broad SMARTS) is 6. The predicted octanol–water partition coefficient (Wildman–Crippen LogP) is -3.20. The van der Waals surface area contributed by atoms with Crippen molar-refractivity contribution in [1.29, 1.82) is 0 Å². The number of carboxylic acids is 6. The van der Waals surface area contributed by atoms with Crippen molar-refractivity contribution >= 4 is 81.7 Å². The minimum Gasteiger partial charge on any atom is -0.545 e. The molecule has 0 unspecified atom stereocenters. The largest absolute Gasteiger partial charge is 0.545 e. The average molecular weight is 866 g/mol. The molecule has 0 heterocycles. The zero-order chi connectivity index (χ0) is 36.8. The monoisotopic (exact) mass is 868 g/mol. The molecule has 0 aliphatic carbocycles. The van der Waals surface area contributed by atoms with Gasteiger partial charge in [0.1, 0.15) is 0 Å². The van der Waals surface area contributed by atoms with E-state index >= 15 is 0 Å². The van der Waals surface area contributed by atoms with Gasteiger partial charge in [-0.25, -0.2) is 0 Å². The van der Waals surface area contributed by atoms with E-state index in [1.807, 2.05) is 0 Å². The molecular formula is C30H44O14Sn2. The van der Waals surface area contributed by atoms with E-state index < -0.39 is 35.8 Å². The molecule has 16 heteroatoms. The molecule has 14 nitrogen and oxygen atoms in total. The molecule has 0 N–H and O–H groups in total. The first-order valence-corrected chi connectivity index (χ1v) is 16.9. The minimum absolute atomic E-state index is 0.384. The smallest absolute Gasteiger partial charge is 0.0643 e. The molecule has 0 aromatic carbocycles. The van der Waals surface area contributed by atoms with E-state index in [-0.39, 0.29) is 0 Å². The molecule has 0 atom stereocenters. The van der Waals surface area contributed by atoms with Crippen molar-refractivity contribution in [2.45, 2.75) is 117 Å². The van der Waals surface area contributed by atoms with Crippen LogP contribution in [-0.2, 0) is 34.9 Å². The van der Waals surface area contributed by atoms with Crippen molar-refractivity contribution in [2.24, 2.45) is 0 Å². The molecule has 0 rings (SSSR count). The summed E-state index contributed by atoms with van der Waals surface area (Å²) in [6.45, 7) is 8.94. The van der Waals surface area contributed by atoms with Gasteiger partial charge in [0.2, 0.25) is 0 Å². The molecule has 46 heavy (non-hydrogen) atoms. The summed E-state index contributed by atoms with van der Waals surface area (Å²) in [7, 11) is 0. The van der Waals surface area contributed by atoms with Gasteiger partial charge in [-0.05, 0) is 36.5 Å². The summed E-state index contributed by atoms with van der Waals surface area (Å²) in [6.07, 6.45) is 19.0. The van der Waals surface area contributed by atoms with Crippen LogP contribution in [0.15, 0.2) is 36.5 Å². The number of hydrogen-bond acceptors (Lipinski definition) is 14. The van der Waals surface area contributed by atoms with Gasteiger partial charge in [0.25, 0.3) is 0 Å². The van der Waals surface area contributed by atoms with Crippen LogP contribution < -0.4 is 30.6 Å². The molecule has 0 aliphatic heterocycles. The zero-order valence-electron chi connectivity index (χ0n) is 26.8. The average Bonchev–Trinajstić information content (AvgIpc) is 2.99. The molecule has 0 aromatic heterocycles. The van der Waals surface area contributed by atoms with Crippen LogP contribution in [0.4, 0.5) is 0 Å². The van der Waals surface area contributed by atoms with Gasteiger partial charge in [-0.1, -0.05) is 0 Å². The van der Waals surface area contributed by atoms with Crippen LogP contribution in [0.1, 0.15) is 105 Å². The fraction of sp³-hybridized carbons (Fsp3) is 0.600. The van der Waals surface area contributed by atoms with Gasteiger partial charge < -0.3 is 59.4 Å². The molecule has 0 radical (unpaired) electrons. The molecule has 0 aromatic rings. The molecule has 0 bridgehead atoms. The third-order valence-electron chi connectivity index (χ3n) is 4.92. The van der Waals surface area contributed by atoms with Crippen LogP contribution in [0, 0.1) is 0 Å². The first kappa shape index (κ1) is 53.1. The zero-order valence-corrected chi connectivity index (χ0v) is 32.5. The standard InChI is InChI=1S/2C9H19O.3C4H4O4.2Sn/c2*1-3-5-7-9(10)8-6-4-2;3*5-3(6)1-2-4(7)8;;/h2*9H,3-8H2,1-2H3;3*1-2H,(H,5,6)(H,7,8);;/q2*-1;;;;2*+4/p-6/b;;3*2-1-;;. The maximum Gasteiger partial charge on any atom is 0.0643 e. The Morgan fingerprint density at radius 2 is 0.587 bits per heavy atom. The van der Waals surface area contributed by atoms with E-state index in [1.54, 1.807) is 0 Å². The number of aliphatic carboxylic acids is 6. The van der Waals surface area contributed by atoms with Gasteiger partial charge in [0.15, 0.2) is 0 Å². The normalized spacial score (nSPS) is 10.2. The molecule has 0 aliphatic rings. The molecule has 0 saturated carbocycles. The molecule has 256 valence electrons. The second-order valence-corrected chi connectivity index (χ2v) is 10.3. The van der Waals surface area contributed by atoms with E-state index in [0.29, 0.717) is 48.7 Å². The maximum atomic E-state index is 9.41. The van der Waals surface area contributed by atoms with Crippen LogP contribution >= 0.6 is 0 Å². The second-order valence-electron chi connectivity index (χ2n) is 8.96. The van der Waals surface area contributed by atoms with E-state index in [1.165, 1.54) is 123 Å². The van der Waals surface area contributed by atoms with Gasteiger partial charge in [0.05, 0.1) is 35.8 Å². The Kier molecular flexibility index (Phi) is 49.1.